The van der Waals surface area contributed by atoms with Crippen molar-refractivity contribution in [2.24, 2.45) is 0 Å². The highest BCUT2D eigenvalue weighted by atomic mass is 32.2. The second kappa shape index (κ2) is 4.08. The van der Waals surface area contributed by atoms with Crippen molar-refractivity contribution < 1.29 is 12.6 Å². The van der Waals surface area contributed by atoms with Crippen LogP contribution in [0.5, 0.6) is 0 Å². The maximum Gasteiger partial charge on any atom is 0.257 e. The number of para-hydroxylation sites is 1. The van der Waals surface area contributed by atoms with Gasteiger partial charge in [-0.2, -0.15) is 0 Å². The molecule has 65 valence electrons. The molecule has 0 aliphatic carbocycles. The van der Waals surface area contributed by atoms with Crippen molar-refractivity contribution in [2.45, 2.75) is 0 Å². The zero-order chi connectivity index (χ0) is 8.97. The molecule has 0 unspecified atom stereocenters. The first-order valence-electron chi connectivity index (χ1n) is 3.19. The summed E-state index contributed by atoms with van der Waals surface area (Å²) in [5.41, 5.74) is 6.53. The molecule has 1 aromatic carbocycles. The first kappa shape index (κ1) is 9.02. The zero-order valence-electron chi connectivity index (χ0n) is 6.14. The third-order valence-electron chi connectivity index (χ3n) is 1.26. The lowest BCUT2D eigenvalue weighted by molar-refractivity contribution is 0.429. The van der Waals surface area contributed by atoms with Crippen molar-refractivity contribution in [1.82, 2.24) is 0 Å². The van der Waals surface area contributed by atoms with Crippen LogP contribution in [0.25, 0.3) is 0 Å². The summed E-state index contributed by atoms with van der Waals surface area (Å²) in [4.78, 5) is 0. The maximum absolute atomic E-state index is 10.0. The van der Waals surface area contributed by atoms with Gasteiger partial charge in [0.1, 0.15) is 6.61 Å². The third kappa shape index (κ3) is 2.52. The fraction of sp³-hybridized carbons (Fsp3) is 0. The van der Waals surface area contributed by atoms with E-state index in [9.17, 15) is 8.42 Å². The van der Waals surface area contributed by atoms with Crippen LogP contribution in [-0.2, 0) is 15.2 Å². The number of anilines is 1. The molecule has 0 saturated carbocycles. The Kier molecular flexibility index (Phi) is 3.07. The molecule has 0 saturated heterocycles. The molecule has 1 aromatic rings. The molecule has 0 spiro atoms. The Bertz CT molecular complexity index is 327. The average Bonchev–Trinajstić information content (AvgIpc) is 2.03. The van der Waals surface area contributed by atoms with Gasteiger partial charge in [0, 0.05) is 11.3 Å². The lowest BCUT2D eigenvalue weighted by Gasteiger charge is -2.00. The second-order valence-corrected chi connectivity index (χ2v) is 2.73. The Morgan fingerprint density at radius 1 is 1.33 bits per heavy atom. The van der Waals surface area contributed by atoms with Crippen molar-refractivity contribution in [1.29, 1.82) is 0 Å². The maximum atomic E-state index is 10.0. The summed E-state index contributed by atoms with van der Waals surface area (Å²) in [6.45, 7) is 1.10. The second-order valence-electron chi connectivity index (χ2n) is 2.08. The van der Waals surface area contributed by atoms with Crippen LogP contribution in [-0.4, -0.2) is 8.42 Å². The lowest BCUT2D eigenvalue weighted by Crippen LogP contribution is -1.94. The van der Waals surface area contributed by atoms with Gasteiger partial charge in [-0.05, 0) is 6.07 Å². The van der Waals surface area contributed by atoms with E-state index >= 15 is 0 Å². The molecule has 0 amide bonds. The highest BCUT2D eigenvalue weighted by Crippen LogP contribution is 2.12. The van der Waals surface area contributed by atoms with Crippen molar-refractivity contribution in [2.75, 3.05) is 5.73 Å². The van der Waals surface area contributed by atoms with Crippen LogP contribution >= 0.6 is 0 Å². The van der Waals surface area contributed by atoms with E-state index in [-0.39, 0.29) is 0 Å². The van der Waals surface area contributed by atoms with Gasteiger partial charge in [0.25, 0.3) is 11.0 Å². The van der Waals surface area contributed by atoms with Crippen molar-refractivity contribution in [3.63, 3.8) is 0 Å². The number of benzene rings is 1. The van der Waals surface area contributed by atoms with E-state index in [0.717, 1.165) is 6.61 Å². The van der Waals surface area contributed by atoms with Gasteiger partial charge in [-0.25, -0.2) is 8.42 Å². The Morgan fingerprint density at radius 2 is 2.00 bits per heavy atom. The van der Waals surface area contributed by atoms with E-state index in [1.165, 1.54) is 0 Å². The highest BCUT2D eigenvalue weighted by molar-refractivity contribution is 7.67. The molecule has 0 fully saturated rings. The number of nitrogens with two attached hydrogens (primary N) is 1. The van der Waals surface area contributed by atoms with Crippen LogP contribution in [0.3, 0.4) is 0 Å². The molecule has 5 heteroatoms. The van der Waals surface area contributed by atoms with Crippen LogP contribution in [0.1, 0.15) is 5.56 Å². The van der Waals surface area contributed by atoms with Gasteiger partial charge in [-0.3, -0.25) is 4.18 Å². The lowest BCUT2D eigenvalue weighted by atomic mass is 10.2. The van der Waals surface area contributed by atoms with E-state index in [2.05, 4.69) is 4.18 Å². The highest BCUT2D eigenvalue weighted by Gasteiger charge is 1.98. The molecule has 0 aromatic heterocycles. The smallest absolute Gasteiger partial charge is 0.257 e. The van der Waals surface area contributed by atoms with Crippen LogP contribution in [0.4, 0.5) is 5.69 Å². The van der Waals surface area contributed by atoms with Gasteiger partial charge in [-0.15, -0.1) is 0 Å². The number of thiol groups is 1. The fourth-order valence-electron chi connectivity index (χ4n) is 0.718. The minimum atomic E-state index is -2.85. The number of nitrogen functional groups attached to an aromatic ring is 1. The van der Waals surface area contributed by atoms with Crippen LogP contribution < -0.4 is 5.73 Å². The van der Waals surface area contributed by atoms with E-state index in [4.69, 9.17) is 5.73 Å². The molecule has 0 aliphatic heterocycles. The van der Waals surface area contributed by atoms with Gasteiger partial charge in [0.15, 0.2) is 0 Å². The standard InChI is InChI=1S/C7H8NO3S/c8-7-4-2-1-3-6(7)5-11-12(9)10/h1-5,12H,8H2. The largest absolute Gasteiger partial charge is 0.398 e. The predicted molar refractivity (Wildman–Crippen MR) is 45.7 cm³/mol. The summed E-state index contributed by atoms with van der Waals surface area (Å²) in [7, 11) is -2.85. The van der Waals surface area contributed by atoms with Gasteiger partial charge < -0.3 is 5.73 Å². The summed E-state index contributed by atoms with van der Waals surface area (Å²) in [5, 5.41) is 0. The van der Waals surface area contributed by atoms with Gasteiger partial charge in [0.2, 0.25) is 0 Å². The summed E-state index contributed by atoms with van der Waals surface area (Å²) in [5.74, 6) is 0. The van der Waals surface area contributed by atoms with E-state index in [1.807, 2.05) is 0 Å². The predicted octanol–water partition coefficient (Wildman–Crippen LogP) is 0.322. The molecular formula is C7H8NO3S. The van der Waals surface area contributed by atoms with E-state index < -0.39 is 11.0 Å². The number of hydrogen-bond acceptors (Lipinski definition) is 4. The molecule has 1 rings (SSSR count). The quantitative estimate of drug-likeness (QED) is 0.527. The van der Waals surface area contributed by atoms with Crippen LogP contribution in [0.2, 0.25) is 0 Å². The summed E-state index contributed by atoms with van der Waals surface area (Å²) in [6, 6.07) is 6.81. The van der Waals surface area contributed by atoms with E-state index in [1.54, 1.807) is 24.3 Å². The Labute approximate surface area is 72.1 Å². The Hall–Kier alpha value is -1.07. The normalized spacial score (nSPS) is 10.4. The summed E-state index contributed by atoms with van der Waals surface area (Å²) >= 11 is 0. The zero-order valence-corrected chi connectivity index (χ0v) is 7.03. The number of rotatable bonds is 3. The van der Waals surface area contributed by atoms with Crippen molar-refractivity contribution in [3.8, 4) is 0 Å². The molecule has 2 N–H and O–H groups in total. The Morgan fingerprint density at radius 3 is 2.58 bits per heavy atom. The fourth-order valence-corrected chi connectivity index (χ4v) is 0.918. The van der Waals surface area contributed by atoms with E-state index in [0.29, 0.717) is 11.3 Å². The third-order valence-corrected chi connectivity index (χ3v) is 1.54. The topological polar surface area (TPSA) is 69.4 Å². The molecular weight excluding hydrogens is 178 g/mol. The molecule has 0 bridgehead atoms. The average molecular weight is 186 g/mol. The minimum Gasteiger partial charge on any atom is -0.398 e. The molecule has 12 heavy (non-hydrogen) atoms. The van der Waals surface area contributed by atoms with Gasteiger partial charge in [0.05, 0.1) is 0 Å². The summed E-state index contributed by atoms with van der Waals surface area (Å²) < 4.78 is 24.3. The molecule has 0 aliphatic rings. The van der Waals surface area contributed by atoms with Crippen molar-refractivity contribution >= 4 is 16.7 Å². The number of hydrogen-bond donors (Lipinski definition) is 2. The van der Waals surface area contributed by atoms with Gasteiger partial charge in [-0.1, -0.05) is 18.2 Å². The van der Waals surface area contributed by atoms with Gasteiger partial charge >= 0.3 is 0 Å². The summed E-state index contributed by atoms with van der Waals surface area (Å²) in [6.07, 6.45) is 0. The molecule has 4 nitrogen and oxygen atoms in total. The monoisotopic (exact) mass is 186 g/mol. The first-order valence-corrected chi connectivity index (χ1v) is 4.28. The Balaban J connectivity index is 2.69. The van der Waals surface area contributed by atoms with Crippen LogP contribution in [0, 0.1) is 6.61 Å². The van der Waals surface area contributed by atoms with Crippen LogP contribution in [0.15, 0.2) is 24.3 Å². The first-order chi connectivity index (χ1) is 5.70. The SMILES string of the molecule is Nc1ccccc1[CH]O[SH](=O)=O. The molecule has 0 heterocycles. The minimum absolute atomic E-state index is 0.481. The molecule has 0 atom stereocenters. The molecule has 1 radical (unpaired) electrons. The van der Waals surface area contributed by atoms with Crippen molar-refractivity contribution in [3.05, 3.63) is 36.4 Å².